The van der Waals surface area contributed by atoms with E-state index < -0.39 is 4.92 Å². The number of nitrogens with zero attached hydrogens (tertiary/aromatic N) is 6. The Bertz CT molecular complexity index is 1420. The lowest BCUT2D eigenvalue weighted by molar-refractivity contribution is -0.384. The predicted molar refractivity (Wildman–Crippen MR) is 152 cm³/mol. The minimum atomic E-state index is -0.445. The molecule has 0 amide bonds. The van der Waals surface area contributed by atoms with Gasteiger partial charge in [-0.25, -0.2) is 5.43 Å². The number of hydrazone groups is 1. The van der Waals surface area contributed by atoms with Gasteiger partial charge >= 0.3 is 0 Å². The summed E-state index contributed by atoms with van der Waals surface area (Å²) in [5.41, 5.74) is 5.28. The van der Waals surface area contributed by atoms with Crippen molar-refractivity contribution in [1.82, 2.24) is 15.0 Å². The molecule has 2 N–H and O–H groups in total. The molecule has 4 aromatic rings. The molecule has 0 saturated heterocycles. The Kier molecular flexibility index (Phi) is 9.58. The van der Waals surface area contributed by atoms with Crippen LogP contribution in [0.5, 0.6) is 0 Å². The fourth-order valence-electron chi connectivity index (χ4n) is 3.40. The second-order valence-electron chi connectivity index (χ2n) is 7.92. The summed E-state index contributed by atoms with van der Waals surface area (Å²) in [6, 6.07) is 15.2. The van der Waals surface area contributed by atoms with Crippen molar-refractivity contribution in [3.63, 3.8) is 0 Å². The number of nitro benzene ring substituents is 1. The van der Waals surface area contributed by atoms with Crippen molar-refractivity contribution < 1.29 is 9.34 Å². The topological polar surface area (TPSA) is 135 Å². The quantitative estimate of drug-likeness (QED) is 0.128. The summed E-state index contributed by atoms with van der Waals surface area (Å²) < 4.78 is 5.78. The Morgan fingerprint density at radius 2 is 1.76 bits per heavy atom. The standard InChI is InChI=1S/C25H25ClN8O3.ClH/c1-4-33(5-2)25-30-23(28-18-9-6-16(3)21(26)14-18)29-24(31-25)32-27-15-20-12-13-22(37-20)17-7-10-19(11-8-17)34(35)36;/h6-15H,4-5H2,1-3H3,(H2,28,29,30,31,32);1H/b27-15+;. The molecular weight excluding hydrogens is 531 g/mol. The van der Waals surface area contributed by atoms with Crippen LogP contribution in [0.2, 0.25) is 5.02 Å². The monoisotopic (exact) mass is 556 g/mol. The van der Waals surface area contributed by atoms with Crippen LogP contribution in [0.15, 0.2) is 64.1 Å². The van der Waals surface area contributed by atoms with Crippen LogP contribution in [-0.2, 0) is 0 Å². The average molecular weight is 557 g/mol. The molecule has 0 aliphatic carbocycles. The van der Waals surface area contributed by atoms with Crippen molar-refractivity contribution in [2.75, 3.05) is 28.7 Å². The largest absolute Gasteiger partial charge is 0.455 e. The molecular formula is C25H26Cl2N8O3. The zero-order valence-electron chi connectivity index (χ0n) is 20.9. The lowest BCUT2D eigenvalue weighted by atomic mass is 10.1. The molecule has 2 aromatic heterocycles. The summed E-state index contributed by atoms with van der Waals surface area (Å²) in [7, 11) is 0. The summed E-state index contributed by atoms with van der Waals surface area (Å²) in [5.74, 6) is 2.12. The normalized spacial score (nSPS) is 10.7. The van der Waals surface area contributed by atoms with Crippen LogP contribution in [-0.4, -0.2) is 39.2 Å². The fourth-order valence-corrected chi connectivity index (χ4v) is 3.58. The van der Waals surface area contributed by atoms with Crippen molar-refractivity contribution in [3.8, 4) is 11.3 Å². The Labute approximate surface area is 230 Å². The van der Waals surface area contributed by atoms with E-state index in [9.17, 15) is 10.1 Å². The van der Waals surface area contributed by atoms with E-state index in [1.54, 1.807) is 24.3 Å². The molecule has 0 aliphatic heterocycles. The number of rotatable bonds is 10. The lowest BCUT2D eigenvalue weighted by Crippen LogP contribution is -2.25. The molecule has 13 heteroatoms. The van der Waals surface area contributed by atoms with E-state index in [4.69, 9.17) is 16.0 Å². The van der Waals surface area contributed by atoms with E-state index >= 15 is 0 Å². The van der Waals surface area contributed by atoms with Gasteiger partial charge in [-0.2, -0.15) is 20.1 Å². The zero-order valence-corrected chi connectivity index (χ0v) is 22.5. The summed E-state index contributed by atoms with van der Waals surface area (Å²) in [4.78, 5) is 25.8. The first kappa shape index (κ1) is 28.4. The minimum Gasteiger partial charge on any atom is -0.455 e. The minimum absolute atomic E-state index is 0. The number of aromatic nitrogens is 3. The summed E-state index contributed by atoms with van der Waals surface area (Å²) in [5, 5.41) is 18.9. The van der Waals surface area contributed by atoms with Crippen LogP contribution in [0.1, 0.15) is 25.2 Å². The molecule has 4 rings (SSSR count). The third kappa shape index (κ3) is 6.96. The first-order chi connectivity index (χ1) is 17.9. The first-order valence-corrected chi connectivity index (χ1v) is 11.9. The second-order valence-corrected chi connectivity index (χ2v) is 8.33. The molecule has 11 nitrogen and oxygen atoms in total. The van der Waals surface area contributed by atoms with Gasteiger partial charge in [0.1, 0.15) is 11.5 Å². The molecule has 0 spiro atoms. The number of furan rings is 1. The van der Waals surface area contributed by atoms with Crippen molar-refractivity contribution in [1.29, 1.82) is 0 Å². The summed E-state index contributed by atoms with van der Waals surface area (Å²) in [6.07, 6.45) is 1.49. The van der Waals surface area contributed by atoms with Gasteiger partial charge in [0, 0.05) is 41.5 Å². The third-order valence-corrected chi connectivity index (χ3v) is 5.85. The van der Waals surface area contributed by atoms with Crippen LogP contribution in [0.25, 0.3) is 11.3 Å². The molecule has 2 heterocycles. The number of benzene rings is 2. The van der Waals surface area contributed by atoms with Crippen molar-refractivity contribution in [2.45, 2.75) is 20.8 Å². The van der Waals surface area contributed by atoms with Crippen LogP contribution >= 0.6 is 24.0 Å². The number of nitro groups is 1. The number of anilines is 4. The summed E-state index contributed by atoms with van der Waals surface area (Å²) in [6.45, 7) is 7.41. The molecule has 0 fully saturated rings. The molecule has 2 aromatic carbocycles. The number of hydrogen-bond acceptors (Lipinski definition) is 10. The first-order valence-electron chi connectivity index (χ1n) is 11.5. The number of non-ortho nitro benzene ring substituents is 1. The molecule has 38 heavy (non-hydrogen) atoms. The Morgan fingerprint density at radius 1 is 1.05 bits per heavy atom. The van der Waals surface area contributed by atoms with Crippen molar-refractivity contribution >= 4 is 59.4 Å². The van der Waals surface area contributed by atoms with Gasteiger partial charge < -0.3 is 14.6 Å². The highest BCUT2D eigenvalue weighted by Crippen LogP contribution is 2.25. The smallest absolute Gasteiger partial charge is 0.269 e. The van der Waals surface area contributed by atoms with Crippen LogP contribution in [0, 0.1) is 17.0 Å². The van der Waals surface area contributed by atoms with Gasteiger partial charge in [-0.3, -0.25) is 10.1 Å². The highest BCUT2D eigenvalue weighted by atomic mass is 35.5. The van der Waals surface area contributed by atoms with E-state index in [1.165, 1.54) is 18.3 Å². The molecule has 0 atom stereocenters. The predicted octanol–water partition coefficient (Wildman–Crippen LogP) is 6.46. The van der Waals surface area contributed by atoms with Crippen LogP contribution < -0.4 is 15.6 Å². The maximum atomic E-state index is 10.9. The third-order valence-electron chi connectivity index (χ3n) is 5.44. The van der Waals surface area contributed by atoms with E-state index in [2.05, 4.69) is 30.8 Å². The number of aryl methyl sites for hydroxylation is 1. The number of halogens is 2. The van der Waals surface area contributed by atoms with Gasteiger partial charge in [0.05, 0.1) is 11.1 Å². The zero-order chi connectivity index (χ0) is 26.4. The molecule has 0 unspecified atom stereocenters. The van der Waals surface area contributed by atoms with Gasteiger partial charge in [0.2, 0.25) is 17.8 Å². The van der Waals surface area contributed by atoms with E-state index in [0.29, 0.717) is 34.0 Å². The maximum Gasteiger partial charge on any atom is 0.269 e. The van der Waals surface area contributed by atoms with Gasteiger partial charge in [-0.15, -0.1) is 12.4 Å². The highest BCUT2D eigenvalue weighted by Gasteiger charge is 2.12. The van der Waals surface area contributed by atoms with E-state index in [0.717, 1.165) is 24.3 Å². The van der Waals surface area contributed by atoms with Gasteiger partial charge in [0.15, 0.2) is 0 Å². The van der Waals surface area contributed by atoms with Crippen LogP contribution in [0.4, 0.5) is 29.2 Å². The van der Waals surface area contributed by atoms with Gasteiger partial charge in [-0.1, -0.05) is 17.7 Å². The Morgan fingerprint density at radius 3 is 2.42 bits per heavy atom. The SMILES string of the molecule is CCN(CC)c1nc(N/N=C/c2ccc(-c3ccc([N+](=O)[O-])cc3)o2)nc(Nc2ccc(C)c(Cl)c2)n1.Cl. The Hall–Kier alpha value is -4.22. The molecule has 0 bridgehead atoms. The molecule has 0 saturated carbocycles. The molecule has 198 valence electrons. The average Bonchev–Trinajstić information content (AvgIpc) is 3.36. The number of nitrogens with one attached hydrogen (secondary N) is 2. The lowest BCUT2D eigenvalue weighted by Gasteiger charge is -2.19. The maximum absolute atomic E-state index is 10.9. The fraction of sp³-hybridized carbons (Fsp3) is 0.200. The summed E-state index contributed by atoms with van der Waals surface area (Å²) >= 11 is 6.26. The van der Waals surface area contributed by atoms with Gasteiger partial charge in [-0.05, 0) is 62.7 Å². The van der Waals surface area contributed by atoms with Crippen LogP contribution in [0.3, 0.4) is 0 Å². The highest BCUT2D eigenvalue weighted by molar-refractivity contribution is 6.31. The van der Waals surface area contributed by atoms with Gasteiger partial charge in [0.25, 0.3) is 5.69 Å². The van der Waals surface area contributed by atoms with Crippen molar-refractivity contribution in [2.24, 2.45) is 5.10 Å². The molecule has 0 radical (unpaired) electrons. The number of hydrogen-bond donors (Lipinski definition) is 2. The van der Waals surface area contributed by atoms with Crippen molar-refractivity contribution in [3.05, 3.63) is 81.1 Å². The van der Waals surface area contributed by atoms with E-state index in [1.807, 2.05) is 43.9 Å². The van der Waals surface area contributed by atoms with E-state index in [-0.39, 0.29) is 24.0 Å². The Balaban J connectivity index is 0.00000400. The second kappa shape index (κ2) is 12.8. The molecule has 0 aliphatic rings.